The fourth-order valence-corrected chi connectivity index (χ4v) is 2.99. The molecular weight excluding hydrogens is 314 g/mol. The zero-order chi connectivity index (χ0) is 17.1. The highest BCUT2D eigenvalue weighted by Gasteiger charge is 2.21. The zero-order valence-corrected chi connectivity index (χ0v) is 13.9. The lowest BCUT2D eigenvalue weighted by molar-refractivity contribution is 0.259. The molecule has 0 unspecified atom stereocenters. The number of nitrogens with zero attached hydrogens (tertiary/aromatic N) is 3. The summed E-state index contributed by atoms with van der Waals surface area (Å²) in [5, 5.41) is 12.0. The van der Waals surface area contributed by atoms with Gasteiger partial charge in [-0.15, -0.1) is 10.2 Å². The molecule has 7 heteroatoms. The molecule has 2 aromatic rings. The van der Waals surface area contributed by atoms with Gasteiger partial charge in [0, 0.05) is 25.1 Å². The Bertz CT molecular complexity index is 704. The first-order valence-electron chi connectivity index (χ1n) is 8.30. The second-order valence-electron chi connectivity index (χ2n) is 6.26. The molecule has 130 valence electrons. The third-order valence-corrected chi connectivity index (χ3v) is 4.20. The van der Waals surface area contributed by atoms with Crippen molar-refractivity contribution < 1.29 is 13.5 Å². The van der Waals surface area contributed by atoms with Crippen LogP contribution in [-0.4, -0.2) is 27.4 Å². The van der Waals surface area contributed by atoms with Gasteiger partial charge in [0.15, 0.2) is 11.6 Å². The van der Waals surface area contributed by atoms with E-state index in [0.717, 1.165) is 43.2 Å². The van der Waals surface area contributed by atoms with E-state index in [1.165, 1.54) is 12.5 Å². The van der Waals surface area contributed by atoms with Gasteiger partial charge in [-0.05, 0) is 38.8 Å². The highest BCUT2D eigenvalue weighted by molar-refractivity contribution is 5.23. The number of nitrogens with one attached hydrogen (secondary N) is 1. The number of rotatable bonds is 6. The molecule has 24 heavy (non-hydrogen) atoms. The average molecular weight is 336 g/mol. The maximum absolute atomic E-state index is 13.2. The van der Waals surface area contributed by atoms with Gasteiger partial charge in [-0.1, -0.05) is 0 Å². The molecule has 0 amide bonds. The molecule has 0 saturated carbocycles. The van der Waals surface area contributed by atoms with E-state index in [-0.39, 0.29) is 12.1 Å². The second-order valence-corrected chi connectivity index (χ2v) is 6.26. The highest BCUT2D eigenvalue weighted by atomic mass is 19.2. The summed E-state index contributed by atoms with van der Waals surface area (Å²) >= 11 is 0. The van der Waals surface area contributed by atoms with Gasteiger partial charge in [0.2, 0.25) is 0 Å². The van der Waals surface area contributed by atoms with Gasteiger partial charge in [0.1, 0.15) is 24.0 Å². The van der Waals surface area contributed by atoms with Crippen LogP contribution >= 0.6 is 0 Å². The monoisotopic (exact) mass is 336 g/mol. The maximum atomic E-state index is 13.2. The molecule has 3 rings (SSSR count). The van der Waals surface area contributed by atoms with Crippen LogP contribution in [0.2, 0.25) is 0 Å². The fourth-order valence-electron chi connectivity index (χ4n) is 2.99. The number of benzene rings is 1. The maximum Gasteiger partial charge on any atom is 0.162 e. The molecule has 0 fully saturated rings. The minimum atomic E-state index is -0.906. The Labute approximate surface area is 140 Å². The Hall–Kier alpha value is -2.02. The zero-order valence-electron chi connectivity index (χ0n) is 13.9. The van der Waals surface area contributed by atoms with Crippen LogP contribution in [-0.2, 0) is 13.0 Å². The number of fused-ring (bicyclic) bond motifs is 1. The summed E-state index contributed by atoms with van der Waals surface area (Å²) in [6.07, 6.45) is 3.30. The standard InChI is InChI=1S/C17H22F2N4O/c1-11(10-24-13-6-7-14(18)15(19)9-13)20-12(2)17-22-21-16-5-3-4-8-23(16)17/h6-7,9,11-12,20H,3-5,8,10H2,1-2H3/t11-,12+/m0/s1. The number of ether oxygens (including phenoxy) is 1. The number of halogens is 2. The molecule has 0 saturated heterocycles. The van der Waals surface area contributed by atoms with Crippen molar-refractivity contribution in [2.24, 2.45) is 0 Å². The lowest BCUT2D eigenvalue weighted by Gasteiger charge is -2.22. The molecule has 5 nitrogen and oxygen atoms in total. The number of aryl methyl sites for hydroxylation is 1. The summed E-state index contributed by atoms with van der Waals surface area (Å²) in [6, 6.07) is 3.59. The number of hydrogen-bond donors (Lipinski definition) is 1. The Morgan fingerprint density at radius 3 is 2.83 bits per heavy atom. The van der Waals surface area contributed by atoms with Crippen molar-refractivity contribution in [2.75, 3.05) is 6.61 Å². The van der Waals surface area contributed by atoms with Crippen molar-refractivity contribution in [2.45, 2.75) is 51.7 Å². The predicted octanol–water partition coefficient (Wildman–Crippen LogP) is 3.01. The summed E-state index contributed by atoms with van der Waals surface area (Å²) in [7, 11) is 0. The molecule has 1 N–H and O–H groups in total. The van der Waals surface area contributed by atoms with Gasteiger partial charge >= 0.3 is 0 Å². The average Bonchev–Trinajstić information content (AvgIpc) is 3.00. The van der Waals surface area contributed by atoms with Crippen LogP contribution in [0.5, 0.6) is 5.75 Å². The summed E-state index contributed by atoms with van der Waals surface area (Å²) < 4.78 is 33.8. The van der Waals surface area contributed by atoms with Gasteiger partial charge in [-0.25, -0.2) is 8.78 Å². The van der Waals surface area contributed by atoms with Gasteiger partial charge < -0.3 is 14.6 Å². The van der Waals surface area contributed by atoms with Crippen molar-refractivity contribution >= 4 is 0 Å². The van der Waals surface area contributed by atoms with Crippen LogP contribution in [0.4, 0.5) is 8.78 Å². The van der Waals surface area contributed by atoms with Crippen LogP contribution in [0.1, 0.15) is 44.4 Å². The summed E-state index contributed by atoms with van der Waals surface area (Å²) in [4.78, 5) is 0. The van der Waals surface area contributed by atoms with E-state index in [1.54, 1.807) is 0 Å². The third kappa shape index (κ3) is 3.72. The number of aromatic nitrogens is 3. The molecular formula is C17H22F2N4O. The molecule has 0 spiro atoms. The first kappa shape index (κ1) is 16.8. The quantitative estimate of drug-likeness (QED) is 0.881. The van der Waals surface area contributed by atoms with E-state index < -0.39 is 11.6 Å². The van der Waals surface area contributed by atoms with Crippen molar-refractivity contribution in [3.05, 3.63) is 41.5 Å². The molecule has 0 bridgehead atoms. The Balaban J connectivity index is 1.55. The van der Waals surface area contributed by atoms with Crippen LogP contribution in [0.15, 0.2) is 18.2 Å². The van der Waals surface area contributed by atoms with Crippen molar-refractivity contribution in [3.8, 4) is 5.75 Å². The van der Waals surface area contributed by atoms with Crippen molar-refractivity contribution in [3.63, 3.8) is 0 Å². The Kier molecular flexibility index (Phi) is 5.08. The van der Waals surface area contributed by atoms with Gasteiger partial charge in [-0.2, -0.15) is 0 Å². The Morgan fingerprint density at radius 1 is 1.21 bits per heavy atom. The van der Waals surface area contributed by atoms with Gasteiger partial charge in [-0.3, -0.25) is 0 Å². The highest BCUT2D eigenvalue weighted by Crippen LogP contribution is 2.19. The minimum Gasteiger partial charge on any atom is -0.492 e. The summed E-state index contributed by atoms with van der Waals surface area (Å²) in [6.45, 7) is 5.32. The molecule has 1 aromatic heterocycles. The summed E-state index contributed by atoms with van der Waals surface area (Å²) in [5.74, 6) is 0.519. The molecule has 0 aliphatic carbocycles. The normalized spacial score (nSPS) is 16.5. The van der Waals surface area contributed by atoms with E-state index in [2.05, 4.69) is 20.1 Å². The molecule has 2 heterocycles. The van der Waals surface area contributed by atoms with Crippen molar-refractivity contribution in [1.82, 2.24) is 20.1 Å². The van der Waals surface area contributed by atoms with Gasteiger partial charge in [0.05, 0.1) is 6.04 Å². The van der Waals surface area contributed by atoms with E-state index >= 15 is 0 Å². The van der Waals surface area contributed by atoms with Crippen LogP contribution < -0.4 is 10.1 Å². The molecule has 2 atom stereocenters. The van der Waals surface area contributed by atoms with E-state index in [4.69, 9.17) is 4.74 Å². The summed E-state index contributed by atoms with van der Waals surface area (Å²) in [5.41, 5.74) is 0. The molecule has 1 aliphatic rings. The van der Waals surface area contributed by atoms with Crippen LogP contribution in [0.25, 0.3) is 0 Å². The topological polar surface area (TPSA) is 52.0 Å². The SMILES string of the molecule is C[C@@H](COc1ccc(F)c(F)c1)N[C@H](C)c1nnc2n1CCCC2. The molecule has 1 aromatic carbocycles. The second kappa shape index (κ2) is 7.25. The van der Waals surface area contributed by atoms with Gasteiger partial charge in [0.25, 0.3) is 0 Å². The first-order valence-corrected chi connectivity index (χ1v) is 8.30. The largest absolute Gasteiger partial charge is 0.492 e. The van der Waals surface area contributed by atoms with E-state index in [9.17, 15) is 8.78 Å². The first-order chi connectivity index (χ1) is 11.5. The van der Waals surface area contributed by atoms with Crippen LogP contribution in [0, 0.1) is 11.6 Å². The lowest BCUT2D eigenvalue weighted by atomic mass is 10.1. The number of hydrogen-bond acceptors (Lipinski definition) is 4. The Morgan fingerprint density at radius 2 is 2.04 bits per heavy atom. The van der Waals surface area contributed by atoms with Crippen LogP contribution in [0.3, 0.4) is 0 Å². The third-order valence-electron chi connectivity index (χ3n) is 4.20. The van der Waals surface area contributed by atoms with Crippen molar-refractivity contribution in [1.29, 1.82) is 0 Å². The lowest BCUT2D eigenvalue weighted by Crippen LogP contribution is -2.35. The molecule has 1 aliphatic heterocycles. The predicted molar refractivity (Wildman–Crippen MR) is 85.8 cm³/mol. The van der Waals surface area contributed by atoms with E-state index in [1.807, 2.05) is 13.8 Å². The minimum absolute atomic E-state index is 0.0182. The fraction of sp³-hybridized carbons (Fsp3) is 0.529. The smallest absolute Gasteiger partial charge is 0.162 e. The molecule has 0 radical (unpaired) electrons. The van der Waals surface area contributed by atoms with E-state index in [0.29, 0.717) is 12.4 Å².